The summed E-state index contributed by atoms with van der Waals surface area (Å²) in [7, 11) is 0. The first-order valence-corrected chi connectivity index (χ1v) is 7.95. The second kappa shape index (κ2) is 6.30. The molecule has 0 aliphatic heterocycles. The van der Waals surface area contributed by atoms with Gasteiger partial charge in [0.25, 0.3) is 0 Å². The molecule has 1 fully saturated rings. The second-order valence-corrected chi connectivity index (χ2v) is 7.13. The van der Waals surface area contributed by atoms with Crippen LogP contribution in [0.2, 0.25) is 0 Å². The minimum Gasteiger partial charge on any atom is -0.444 e. The van der Waals surface area contributed by atoms with Crippen molar-refractivity contribution >= 4 is 11.9 Å². The lowest BCUT2D eigenvalue weighted by Gasteiger charge is -2.37. The lowest BCUT2D eigenvalue weighted by Crippen LogP contribution is -2.54. The lowest BCUT2D eigenvalue weighted by molar-refractivity contribution is -0.128. The van der Waals surface area contributed by atoms with Crippen molar-refractivity contribution < 1.29 is 18.7 Å². The van der Waals surface area contributed by atoms with Crippen molar-refractivity contribution in [3.63, 3.8) is 0 Å². The van der Waals surface area contributed by atoms with Crippen molar-refractivity contribution in [3.05, 3.63) is 35.1 Å². The highest BCUT2D eigenvalue weighted by Crippen LogP contribution is 2.35. The first kappa shape index (κ1) is 17.4. The maximum atomic E-state index is 14.0. The Balaban J connectivity index is 2.38. The van der Waals surface area contributed by atoms with Crippen molar-refractivity contribution in [1.82, 2.24) is 5.32 Å². The Labute approximate surface area is 136 Å². The molecule has 0 aromatic heterocycles. The topological polar surface area (TPSA) is 55.4 Å². The summed E-state index contributed by atoms with van der Waals surface area (Å²) in [6.07, 6.45) is 1.73. The number of nitrogens with one attached hydrogen (secondary N) is 1. The average molecular weight is 321 g/mol. The van der Waals surface area contributed by atoms with E-state index in [-0.39, 0.29) is 11.6 Å². The molecule has 23 heavy (non-hydrogen) atoms. The molecule has 4 nitrogen and oxygen atoms in total. The number of alkyl carbamates (subject to hydrolysis) is 1. The monoisotopic (exact) mass is 321 g/mol. The fourth-order valence-electron chi connectivity index (χ4n) is 2.87. The van der Waals surface area contributed by atoms with Crippen LogP contribution < -0.4 is 5.32 Å². The van der Waals surface area contributed by atoms with Gasteiger partial charge in [-0.05, 0) is 64.2 Å². The maximum Gasteiger partial charge on any atom is 0.408 e. The summed E-state index contributed by atoms with van der Waals surface area (Å²) >= 11 is 0. The maximum absolute atomic E-state index is 14.0. The summed E-state index contributed by atoms with van der Waals surface area (Å²) in [4.78, 5) is 24.8. The van der Waals surface area contributed by atoms with Crippen molar-refractivity contribution in [2.75, 3.05) is 0 Å². The number of aryl methyl sites for hydroxylation is 1. The molecule has 1 aliphatic rings. The Bertz CT molecular complexity index is 621. The van der Waals surface area contributed by atoms with E-state index in [1.165, 1.54) is 6.07 Å². The van der Waals surface area contributed by atoms with E-state index >= 15 is 0 Å². The summed E-state index contributed by atoms with van der Waals surface area (Å²) in [5, 5.41) is 2.72. The fourth-order valence-corrected chi connectivity index (χ4v) is 2.87. The predicted molar refractivity (Wildman–Crippen MR) is 85.7 cm³/mol. The molecular formula is C18H24FNO3. The number of ketones is 1. The number of amides is 1. The van der Waals surface area contributed by atoms with E-state index in [9.17, 15) is 14.0 Å². The van der Waals surface area contributed by atoms with E-state index in [4.69, 9.17) is 4.74 Å². The summed E-state index contributed by atoms with van der Waals surface area (Å²) < 4.78 is 19.3. The van der Waals surface area contributed by atoms with Crippen LogP contribution in [0.4, 0.5) is 9.18 Å². The summed E-state index contributed by atoms with van der Waals surface area (Å²) in [5.41, 5.74) is -0.878. The minimum atomic E-state index is -1.20. The molecule has 1 amide bonds. The van der Waals surface area contributed by atoms with Gasteiger partial charge in [0.1, 0.15) is 17.0 Å². The van der Waals surface area contributed by atoms with Gasteiger partial charge in [0, 0.05) is 6.42 Å². The van der Waals surface area contributed by atoms with E-state index in [1.54, 1.807) is 39.8 Å². The largest absolute Gasteiger partial charge is 0.444 e. The average Bonchev–Trinajstić information content (AvgIpc) is 2.42. The molecular weight excluding hydrogens is 297 g/mol. The van der Waals surface area contributed by atoms with Crippen LogP contribution in [0.5, 0.6) is 0 Å². The zero-order valence-corrected chi connectivity index (χ0v) is 14.2. The van der Waals surface area contributed by atoms with Crippen LogP contribution in [0.3, 0.4) is 0 Å². The smallest absolute Gasteiger partial charge is 0.408 e. The van der Waals surface area contributed by atoms with Gasteiger partial charge in [-0.25, -0.2) is 9.18 Å². The Morgan fingerprint density at radius 3 is 2.57 bits per heavy atom. The van der Waals surface area contributed by atoms with Crippen LogP contribution in [0, 0.1) is 12.7 Å². The van der Waals surface area contributed by atoms with E-state index in [0.717, 1.165) is 12.8 Å². The predicted octanol–water partition coefficient (Wildman–Crippen LogP) is 4.00. The molecule has 126 valence electrons. The number of carbonyl (C=O) groups is 2. The van der Waals surface area contributed by atoms with Gasteiger partial charge < -0.3 is 10.1 Å². The molecule has 2 rings (SSSR count). The van der Waals surface area contributed by atoms with Gasteiger partial charge in [-0.3, -0.25) is 4.79 Å². The summed E-state index contributed by atoms with van der Waals surface area (Å²) in [6, 6.07) is 4.68. The van der Waals surface area contributed by atoms with E-state index < -0.39 is 17.2 Å². The third-order valence-corrected chi connectivity index (χ3v) is 4.06. The van der Waals surface area contributed by atoms with Crippen LogP contribution in [0.1, 0.15) is 57.6 Å². The molecule has 1 saturated carbocycles. The van der Waals surface area contributed by atoms with E-state index in [2.05, 4.69) is 5.32 Å². The number of hydrogen-bond acceptors (Lipinski definition) is 3. The van der Waals surface area contributed by atoms with Gasteiger partial charge in [-0.1, -0.05) is 12.1 Å². The Morgan fingerprint density at radius 1 is 1.30 bits per heavy atom. The zero-order chi connectivity index (χ0) is 17.3. The van der Waals surface area contributed by atoms with Gasteiger partial charge in [0.15, 0.2) is 5.78 Å². The Hall–Kier alpha value is -1.91. The molecule has 0 heterocycles. The number of Topliss-reactive ketones (excluding diaryl/α,β-unsaturated/α-hetero) is 1. The number of carbonyl (C=O) groups excluding carboxylic acids is 2. The first-order chi connectivity index (χ1) is 10.6. The van der Waals surface area contributed by atoms with Gasteiger partial charge in [-0.15, -0.1) is 0 Å². The molecule has 0 radical (unpaired) electrons. The minimum absolute atomic E-state index is 0.0992. The van der Waals surface area contributed by atoms with Crippen LogP contribution >= 0.6 is 0 Å². The highest BCUT2D eigenvalue weighted by molar-refractivity contribution is 5.93. The molecule has 1 N–H and O–H groups in total. The number of halogens is 1. The molecule has 1 aromatic carbocycles. The summed E-state index contributed by atoms with van der Waals surface area (Å²) in [5.74, 6) is -0.482. The molecule has 1 aliphatic carbocycles. The van der Waals surface area contributed by atoms with Crippen LogP contribution in [0.25, 0.3) is 0 Å². The molecule has 1 unspecified atom stereocenters. The number of hydrogen-bond donors (Lipinski definition) is 1. The number of rotatable bonds is 2. The third-order valence-electron chi connectivity index (χ3n) is 4.06. The van der Waals surface area contributed by atoms with Crippen molar-refractivity contribution in [1.29, 1.82) is 0 Å². The number of ether oxygens (including phenoxy) is 1. The van der Waals surface area contributed by atoms with Gasteiger partial charge in [0.2, 0.25) is 0 Å². The molecule has 0 saturated heterocycles. The quantitative estimate of drug-likeness (QED) is 0.896. The third kappa shape index (κ3) is 3.89. The Kier molecular flexibility index (Phi) is 4.78. The molecule has 0 spiro atoms. The molecule has 5 heteroatoms. The molecule has 0 bridgehead atoms. The zero-order valence-electron chi connectivity index (χ0n) is 14.2. The SMILES string of the molecule is Cc1ccc(C2(NC(=O)OC(C)(C)C)CCCCC2=O)cc1F. The van der Waals surface area contributed by atoms with E-state index in [1.807, 2.05) is 0 Å². The van der Waals surface area contributed by atoms with Crippen LogP contribution in [-0.4, -0.2) is 17.5 Å². The molecule has 1 atom stereocenters. The standard InChI is InChI=1S/C18H24FNO3/c1-12-8-9-13(11-14(12)19)18(10-6-5-7-15(18)21)20-16(22)23-17(2,3)4/h8-9,11H,5-7,10H2,1-4H3,(H,20,22). The lowest BCUT2D eigenvalue weighted by atomic mass is 9.75. The fraction of sp³-hybridized carbons (Fsp3) is 0.556. The van der Waals surface area contributed by atoms with Gasteiger partial charge >= 0.3 is 6.09 Å². The van der Waals surface area contributed by atoms with Crippen LogP contribution in [-0.2, 0) is 15.1 Å². The summed E-state index contributed by atoms with van der Waals surface area (Å²) in [6.45, 7) is 6.93. The van der Waals surface area contributed by atoms with E-state index in [0.29, 0.717) is 24.0 Å². The van der Waals surface area contributed by atoms with Crippen molar-refractivity contribution in [2.45, 2.75) is 64.5 Å². The first-order valence-electron chi connectivity index (χ1n) is 7.95. The van der Waals surface area contributed by atoms with Crippen molar-refractivity contribution in [3.8, 4) is 0 Å². The number of benzene rings is 1. The van der Waals surface area contributed by atoms with Crippen LogP contribution in [0.15, 0.2) is 18.2 Å². The van der Waals surface area contributed by atoms with Gasteiger partial charge in [0.05, 0.1) is 0 Å². The highest BCUT2D eigenvalue weighted by Gasteiger charge is 2.44. The van der Waals surface area contributed by atoms with Crippen molar-refractivity contribution in [2.24, 2.45) is 0 Å². The highest BCUT2D eigenvalue weighted by atomic mass is 19.1. The molecule has 1 aromatic rings. The normalized spacial score (nSPS) is 21.9. The van der Waals surface area contributed by atoms with Gasteiger partial charge in [-0.2, -0.15) is 0 Å². The Morgan fingerprint density at radius 2 is 2.00 bits per heavy atom. The second-order valence-electron chi connectivity index (χ2n) is 7.13.